The second kappa shape index (κ2) is 4.77. The number of aromatic nitrogens is 3. The topological polar surface area (TPSA) is 30.7 Å². The molecule has 1 saturated carbocycles. The van der Waals surface area contributed by atoms with E-state index < -0.39 is 11.9 Å². The van der Waals surface area contributed by atoms with Gasteiger partial charge in [0.1, 0.15) is 5.15 Å². The van der Waals surface area contributed by atoms with E-state index in [0.717, 1.165) is 18.4 Å². The van der Waals surface area contributed by atoms with Crippen LogP contribution < -0.4 is 0 Å². The van der Waals surface area contributed by atoms with Gasteiger partial charge in [-0.1, -0.05) is 17.7 Å². The van der Waals surface area contributed by atoms with E-state index >= 15 is 0 Å². The average molecular weight is 302 g/mol. The van der Waals surface area contributed by atoms with Crippen molar-refractivity contribution >= 4 is 11.6 Å². The molecule has 3 nitrogen and oxygen atoms in total. The maximum atomic E-state index is 12.9. The molecule has 2 heterocycles. The summed E-state index contributed by atoms with van der Waals surface area (Å²) in [5.74, 6) is 0.522. The standard InChI is InChI=1S/C13H11ClF3N3/c14-11-4-3-9(12(19-11)13(15,16)17)6-20-7-10(5-18-20)8-1-2-8/h3-5,7-8H,1-2,6H2. The molecule has 0 amide bonds. The first-order valence-corrected chi connectivity index (χ1v) is 6.56. The summed E-state index contributed by atoms with van der Waals surface area (Å²) in [5.41, 5.74) is 0.196. The fourth-order valence-corrected chi connectivity index (χ4v) is 2.25. The zero-order valence-corrected chi connectivity index (χ0v) is 11.1. The van der Waals surface area contributed by atoms with Crippen LogP contribution in [0.2, 0.25) is 5.15 Å². The predicted octanol–water partition coefficient (Wildman–Crippen LogP) is 3.88. The van der Waals surface area contributed by atoms with Crippen molar-refractivity contribution in [2.45, 2.75) is 31.5 Å². The Hall–Kier alpha value is -1.56. The van der Waals surface area contributed by atoms with E-state index in [2.05, 4.69) is 10.1 Å². The van der Waals surface area contributed by atoms with Crippen LogP contribution in [0.5, 0.6) is 0 Å². The summed E-state index contributed by atoms with van der Waals surface area (Å²) in [6.45, 7) is 0.0335. The summed E-state index contributed by atoms with van der Waals surface area (Å²) in [5, 5.41) is 3.94. The second-order valence-electron chi connectivity index (χ2n) is 4.88. The predicted molar refractivity (Wildman–Crippen MR) is 67.6 cm³/mol. The molecule has 7 heteroatoms. The summed E-state index contributed by atoms with van der Waals surface area (Å²) in [6, 6.07) is 2.70. The van der Waals surface area contributed by atoms with Gasteiger partial charge in [0.15, 0.2) is 5.69 Å². The SMILES string of the molecule is FC(F)(F)c1nc(Cl)ccc1Cn1cc(C2CC2)cn1. The second-order valence-corrected chi connectivity index (χ2v) is 5.27. The molecular formula is C13H11ClF3N3. The molecule has 3 rings (SSSR count). The highest BCUT2D eigenvalue weighted by Crippen LogP contribution is 2.39. The molecule has 106 valence electrons. The fraction of sp³-hybridized carbons (Fsp3) is 0.385. The van der Waals surface area contributed by atoms with E-state index in [9.17, 15) is 13.2 Å². The van der Waals surface area contributed by atoms with Crippen molar-refractivity contribution < 1.29 is 13.2 Å². The number of hydrogen-bond donors (Lipinski definition) is 0. The zero-order chi connectivity index (χ0) is 14.3. The Morgan fingerprint density at radius 3 is 2.70 bits per heavy atom. The van der Waals surface area contributed by atoms with E-state index in [-0.39, 0.29) is 17.3 Å². The van der Waals surface area contributed by atoms with Crippen molar-refractivity contribution in [3.05, 3.63) is 46.5 Å². The van der Waals surface area contributed by atoms with E-state index in [4.69, 9.17) is 11.6 Å². The van der Waals surface area contributed by atoms with Crippen molar-refractivity contribution in [1.82, 2.24) is 14.8 Å². The van der Waals surface area contributed by atoms with Crippen LogP contribution in [-0.4, -0.2) is 14.8 Å². The number of alkyl halides is 3. The number of rotatable bonds is 3. The lowest BCUT2D eigenvalue weighted by atomic mass is 10.2. The van der Waals surface area contributed by atoms with Crippen molar-refractivity contribution in [3.8, 4) is 0 Å². The van der Waals surface area contributed by atoms with Crippen molar-refractivity contribution in [3.63, 3.8) is 0 Å². The van der Waals surface area contributed by atoms with Gasteiger partial charge in [-0.05, 0) is 30.4 Å². The third kappa shape index (κ3) is 2.80. The maximum absolute atomic E-state index is 12.9. The third-order valence-corrected chi connectivity index (χ3v) is 3.46. The van der Waals surface area contributed by atoms with Crippen molar-refractivity contribution in [2.75, 3.05) is 0 Å². The van der Waals surface area contributed by atoms with Crippen LogP contribution in [0.4, 0.5) is 13.2 Å². The lowest BCUT2D eigenvalue weighted by Gasteiger charge is -2.12. The van der Waals surface area contributed by atoms with Crippen molar-refractivity contribution in [1.29, 1.82) is 0 Å². The number of nitrogens with zero attached hydrogens (tertiary/aromatic N) is 3. The van der Waals surface area contributed by atoms with Crippen LogP contribution in [0.1, 0.15) is 35.6 Å². The van der Waals surface area contributed by atoms with E-state index in [1.807, 2.05) is 0 Å². The largest absolute Gasteiger partial charge is 0.433 e. The van der Waals surface area contributed by atoms with E-state index in [1.165, 1.54) is 16.8 Å². The first kappa shape index (κ1) is 13.4. The lowest BCUT2D eigenvalue weighted by molar-refractivity contribution is -0.141. The first-order valence-electron chi connectivity index (χ1n) is 6.18. The molecule has 0 atom stereocenters. The Kier molecular flexibility index (Phi) is 3.20. The summed E-state index contributed by atoms with van der Waals surface area (Å²) >= 11 is 5.55. The van der Waals surface area contributed by atoms with Gasteiger partial charge in [0.2, 0.25) is 0 Å². The van der Waals surface area contributed by atoms with Crippen LogP contribution in [0.15, 0.2) is 24.5 Å². The van der Waals surface area contributed by atoms with Gasteiger partial charge >= 0.3 is 6.18 Å². The van der Waals surface area contributed by atoms with Gasteiger partial charge in [0, 0.05) is 11.8 Å². The van der Waals surface area contributed by atoms with Gasteiger partial charge in [0.25, 0.3) is 0 Å². The molecule has 1 aliphatic rings. The lowest BCUT2D eigenvalue weighted by Crippen LogP contribution is -2.14. The highest BCUT2D eigenvalue weighted by atomic mass is 35.5. The number of pyridine rings is 1. The first-order chi connectivity index (χ1) is 9.43. The zero-order valence-electron chi connectivity index (χ0n) is 10.4. The Labute approximate surface area is 118 Å². The molecule has 0 N–H and O–H groups in total. The molecule has 1 fully saturated rings. The van der Waals surface area contributed by atoms with Crippen LogP contribution >= 0.6 is 11.6 Å². The summed E-state index contributed by atoms with van der Waals surface area (Å²) in [7, 11) is 0. The molecule has 0 aromatic carbocycles. The van der Waals surface area contributed by atoms with Gasteiger partial charge in [-0.25, -0.2) is 4.98 Å². The van der Waals surface area contributed by atoms with E-state index in [1.54, 1.807) is 12.4 Å². The maximum Gasteiger partial charge on any atom is 0.433 e. The molecule has 0 radical (unpaired) electrons. The normalized spacial score (nSPS) is 15.6. The third-order valence-electron chi connectivity index (χ3n) is 3.25. The Balaban J connectivity index is 1.89. The smallest absolute Gasteiger partial charge is 0.268 e. The summed E-state index contributed by atoms with van der Waals surface area (Å²) in [6.07, 6.45) is 1.25. The number of halogens is 4. The van der Waals surface area contributed by atoms with Crippen LogP contribution in [-0.2, 0) is 12.7 Å². The van der Waals surface area contributed by atoms with Crippen molar-refractivity contribution in [2.24, 2.45) is 0 Å². The van der Waals surface area contributed by atoms with Gasteiger partial charge < -0.3 is 0 Å². The molecule has 0 unspecified atom stereocenters. The highest BCUT2D eigenvalue weighted by Gasteiger charge is 2.35. The molecule has 1 aliphatic carbocycles. The Morgan fingerprint density at radius 2 is 2.05 bits per heavy atom. The Morgan fingerprint density at radius 1 is 1.30 bits per heavy atom. The molecule has 2 aromatic rings. The molecule has 2 aromatic heterocycles. The van der Waals surface area contributed by atoms with Gasteiger partial charge in [-0.15, -0.1) is 0 Å². The van der Waals surface area contributed by atoms with Crippen LogP contribution in [0.25, 0.3) is 0 Å². The minimum absolute atomic E-state index is 0.0335. The minimum Gasteiger partial charge on any atom is -0.268 e. The average Bonchev–Trinajstić information content (AvgIpc) is 3.11. The quantitative estimate of drug-likeness (QED) is 0.806. The highest BCUT2D eigenvalue weighted by molar-refractivity contribution is 6.29. The fourth-order valence-electron chi connectivity index (χ4n) is 2.11. The van der Waals surface area contributed by atoms with Gasteiger partial charge in [-0.2, -0.15) is 18.3 Å². The Bertz CT molecular complexity index is 632. The minimum atomic E-state index is -4.52. The molecule has 20 heavy (non-hydrogen) atoms. The molecule has 0 spiro atoms. The monoisotopic (exact) mass is 301 g/mol. The summed E-state index contributed by atoms with van der Waals surface area (Å²) < 4.78 is 40.3. The van der Waals surface area contributed by atoms with Gasteiger partial charge in [0.05, 0.1) is 12.7 Å². The van der Waals surface area contributed by atoms with Crippen LogP contribution in [0.3, 0.4) is 0 Å². The van der Waals surface area contributed by atoms with Gasteiger partial charge in [-0.3, -0.25) is 4.68 Å². The molecular weight excluding hydrogens is 291 g/mol. The molecule has 0 aliphatic heterocycles. The number of hydrogen-bond acceptors (Lipinski definition) is 2. The van der Waals surface area contributed by atoms with Crippen LogP contribution in [0, 0.1) is 0 Å². The molecule has 0 saturated heterocycles. The molecule has 0 bridgehead atoms. The van der Waals surface area contributed by atoms with E-state index in [0.29, 0.717) is 5.92 Å². The summed E-state index contributed by atoms with van der Waals surface area (Å²) in [4.78, 5) is 3.39.